The summed E-state index contributed by atoms with van der Waals surface area (Å²) in [7, 11) is 0. The predicted octanol–water partition coefficient (Wildman–Crippen LogP) is 1.85. The van der Waals surface area contributed by atoms with Crippen LogP contribution in [0.15, 0.2) is 24.3 Å². The Labute approximate surface area is 174 Å². The fourth-order valence-electron chi connectivity index (χ4n) is 4.03. The first-order chi connectivity index (χ1) is 14.0. The van der Waals surface area contributed by atoms with Gasteiger partial charge in [-0.15, -0.1) is 0 Å². The van der Waals surface area contributed by atoms with Gasteiger partial charge in [0, 0.05) is 51.9 Å². The van der Waals surface area contributed by atoms with E-state index in [0.717, 1.165) is 45.6 Å². The van der Waals surface area contributed by atoms with E-state index in [4.69, 9.17) is 4.74 Å². The van der Waals surface area contributed by atoms with E-state index in [-0.39, 0.29) is 18.0 Å². The molecule has 2 fully saturated rings. The number of ether oxygens (including phenoxy) is 1. The first kappa shape index (κ1) is 21.6. The minimum atomic E-state index is -0.249. The van der Waals surface area contributed by atoms with Crippen molar-refractivity contribution in [3.63, 3.8) is 0 Å². The SMILES string of the molecule is CCOC(=O)N1CCC(NC(=O)CN2CCN(Cc3ccccc3C)CC2)CC1. The molecule has 160 valence electrons. The summed E-state index contributed by atoms with van der Waals surface area (Å²) < 4.78 is 5.04. The standard InChI is InChI=1S/C22H34N4O3/c1-3-29-22(28)26-10-8-20(9-11-26)23-21(27)17-25-14-12-24(13-15-25)16-19-7-5-4-6-18(19)2/h4-7,20H,3,8-17H2,1-2H3,(H,23,27). The molecule has 3 rings (SSSR count). The second-order valence-corrected chi connectivity index (χ2v) is 8.01. The maximum absolute atomic E-state index is 12.4. The van der Waals surface area contributed by atoms with Gasteiger partial charge in [0.15, 0.2) is 0 Å². The van der Waals surface area contributed by atoms with Crippen LogP contribution in [0.3, 0.4) is 0 Å². The number of carbonyl (C=O) groups excluding carboxylic acids is 2. The van der Waals surface area contributed by atoms with Gasteiger partial charge in [-0.2, -0.15) is 0 Å². The van der Waals surface area contributed by atoms with Gasteiger partial charge in [-0.05, 0) is 37.8 Å². The van der Waals surface area contributed by atoms with Gasteiger partial charge in [0.2, 0.25) is 5.91 Å². The summed E-state index contributed by atoms with van der Waals surface area (Å²) in [5.41, 5.74) is 2.72. The van der Waals surface area contributed by atoms with Crippen molar-refractivity contribution in [1.29, 1.82) is 0 Å². The number of nitrogens with one attached hydrogen (secondary N) is 1. The highest BCUT2D eigenvalue weighted by atomic mass is 16.6. The molecule has 0 spiro atoms. The third-order valence-corrected chi connectivity index (χ3v) is 5.87. The minimum Gasteiger partial charge on any atom is -0.450 e. The number of nitrogens with zero attached hydrogens (tertiary/aromatic N) is 3. The van der Waals surface area contributed by atoms with Crippen LogP contribution >= 0.6 is 0 Å². The molecule has 0 aromatic heterocycles. The number of rotatable bonds is 6. The van der Waals surface area contributed by atoms with Gasteiger partial charge in [-0.25, -0.2) is 4.79 Å². The molecule has 2 aliphatic heterocycles. The molecule has 2 saturated heterocycles. The van der Waals surface area contributed by atoms with Crippen LogP contribution < -0.4 is 5.32 Å². The number of hydrogen-bond acceptors (Lipinski definition) is 5. The van der Waals surface area contributed by atoms with Crippen molar-refractivity contribution >= 4 is 12.0 Å². The molecular weight excluding hydrogens is 368 g/mol. The first-order valence-electron chi connectivity index (χ1n) is 10.8. The number of aryl methyl sites for hydroxylation is 1. The maximum atomic E-state index is 12.4. The van der Waals surface area contributed by atoms with Crippen molar-refractivity contribution in [3.05, 3.63) is 35.4 Å². The van der Waals surface area contributed by atoms with Gasteiger partial charge in [0.25, 0.3) is 0 Å². The lowest BCUT2D eigenvalue weighted by Crippen LogP contribution is -2.52. The van der Waals surface area contributed by atoms with E-state index >= 15 is 0 Å². The average molecular weight is 403 g/mol. The summed E-state index contributed by atoms with van der Waals surface area (Å²) in [4.78, 5) is 30.6. The smallest absolute Gasteiger partial charge is 0.409 e. The van der Waals surface area contributed by atoms with Gasteiger partial charge >= 0.3 is 6.09 Å². The normalized spacial score (nSPS) is 19.2. The summed E-state index contributed by atoms with van der Waals surface area (Å²) in [6.45, 7) is 10.9. The average Bonchev–Trinajstić information content (AvgIpc) is 2.72. The van der Waals surface area contributed by atoms with Crippen LogP contribution in [0, 0.1) is 6.92 Å². The van der Waals surface area contributed by atoms with Gasteiger partial charge in [0.05, 0.1) is 13.2 Å². The molecule has 0 bridgehead atoms. The fraction of sp³-hybridized carbons (Fsp3) is 0.636. The molecule has 0 atom stereocenters. The molecule has 2 aliphatic rings. The molecule has 2 heterocycles. The number of likely N-dealkylation sites (tertiary alicyclic amines) is 1. The van der Waals surface area contributed by atoms with Crippen molar-refractivity contribution in [2.75, 3.05) is 52.4 Å². The number of piperidine rings is 1. The number of hydrogen-bond donors (Lipinski definition) is 1. The topological polar surface area (TPSA) is 65.1 Å². The maximum Gasteiger partial charge on any atom is 0.409 e. The van der Waals surface area contributed by atoms with E-state index in [9.17, 15) is 9.59 Å². The lowest BCUT2D eigenvalue weighted by Gasteiger charge is -2.35. The molecule has 1 N–H and O–H groups in total. The van der Waals surface area contributed by atoms with Crippen LogP contribution in [0.25, 0.3) is 0 Å². The van der Waals surface area contributed by atoms with Gasteiger partial charge in [0.1, 0.15) is 0 Å². The molecule has 7 heteroatoms. The zero-order valence-corrected chi connectivity index (χ0v) is 17.7. The number of amides is 2. The highest BCUT2D eigenvalue weighted by Crippen LogP contribution is 2.13. The van der Waals surface area contributed by atoms with E-state index in [1.165, 1.54) is 11.1 Å². The summed E-state index contributed by atoms with van der Waals surface area (Å²) in [5.74, 6) is 0.0898. The quantitative estimate of drug-likeness (QED) is 0.787. The number of benzene rings is 1. The first-order valence-corrected chi connectivity index (χ1v) is 10.8. The molecule has 1 aromatic carbocycles. The second kappa shape index (κ2) is 10.6. The Morgan fingerprint density at radius 2 is 1.69 bits per heavy atom. The lowest BCUT2D eigenvalue weighted by atomic mass is 10.1. The Bertz CT molecular complexity index is 680. The highest BCUT2D eigenvalue weighted by molar-refractivity contribution is 5.78. The third-order valence-electron chi connectivity index (χ3n) is 5.87. The molecule has 29 heavy (non-hydrogen) atoms. The van der Waals surface area contributed by atoms with Crippen molar-refractivity contribution in [2.24, 2.45) is 0 Å². The summed E-state index contributed by atoms with van der Waals surface area (Å²) in [6.07, 6.45) is 1.32. The minimum absolute atomic E-state index is 0.0898. The van der Waals surface area contributed by atoms with Gasteiger partial charge < -0.3 is 15.0 Å². The summed E-state index contributed by atoms with van der Waals surface area (Å²) in [5, 5.41) is 3.14. The highest BCUT2D eigenvalue weighted by Gasteiger charge is 2.25. The van der Waals surface area contributed by atoms with E-state index in [1.54, 1.807) is 4.90 Å². The van der Waals surface area contributed by atoms with Gasteiger partial charge in [-0.3, -0.25) is 14.6 Å². The van der Waals surface area contributed by atoms with E-state index in [0.29, 0.717) is 26.2 Å². The molecular formula is C22H34N4O3. The molecule has 1 aromatic rings. The Balaban J connectivity index is 1.34. The molecule has 0 saturated carbocycles. The van der Waals surface area contributed by atoms with E-state index in [1.807, 2.05) is 6.92 Å². The molecule has 0 aliphatic carbocycles. The Hall–Kier alpha value is -2.12. The van der Waals surface area contributed by atoms with Crippen LogP contribution in [-0.4, -0.2) is 85.2 Å². The van der Waals surface area contributed by atoms with Crippen LogP contribution in [0.4, 0.5) is 4.79 Å². The van der Waals surface area contributed by atoms with Crippen LogP contribution in [-0.2, 0) is 16.1 Å². The predicted molar refractivity (Wildman–Crippen MR) is 113 cm³/mol. The zero-order chi connectivity index (χ0) is 20.6. The fourth-order valence-corrected chi connectivity index (χ4v) is 4.03. The number of piperazine rings is 1. The molecule has 0 radical (unpaired) electrons. The second-order valence-electron chi connectivity index (χ2n) is 8.01. The van der Waals surface area contributed by atoms with E-state index < -0.39 is 0 Å². The zero-order valence-electron chi connectivity index (χ0n) is 17.7. The molecule has 0 unspecified atom stereocenters. The van der Waals surface area contributed by atoms with Crippen LogP contribution in [0.5, 0.6) is 0 Å². The molecule has 7 nitrogen and oxygen atoms in total. The van der Waals surface area contributed by atoms with Crippen molar-refractivity contribution in [1.82, 2.24) is 20.0 Å². The van der Waals surface area contributed by atoms with Crippen molar-refractivity contribution in [3.8, 4) is 0 Å². The van der Waals surface area contributed by atoms with Crippen LogP contribution in [0.1, 0.15) is 30.9 Å². The van der Waals surface area contributed by atoms with Crippen molar-refractivity contribution < 1.29 is 14.3 Å². The Morgan fingerprint density at radius 1 is 1.03 bits per heavy atom. The third kappa shape index (κ3) is 6.44. The van der Waals surface area contributed by atoms with Crippen molar-refractivity contribution in [2.45, 2.75) is 39.3 Å². The lowest BCUT2D eigenvalue weighted by molar-refractivity contribution is -0.123. The monoisotopic (exact) mass is 402 g/mol. The van der Waals surface area contributed by atoms with E-state index in [2.05, 4.69) is 46.3 Å². The number of carbonyl (C=O) groups is 2. The molecule has 2 amide bonds. The largest absolute Gasteiger partial charge is 0.450 e. The summed E-state index contributed by atoms with van der Waals surface area (Å²) >= 11 is 0. The van der Waals surface area contributed by atoms with Crippen LogP contribution in [0.2, 0.25) is 0 Å². The Morgan fingerprint density at radius 3 is 2.34 bits per heavy atom. The summed E-state index contributed by atoms with van der Waals surface area (Å²) in [6, 6.07) is 8.68. The van der Waals surface area contributed by atoms with Gasteiger partial charge in [-0.1, -0.05) is 24.3 Å². The Kier molecular flexibility index (Phi) is 7.89.